The first-order valence-corrected chi connectivity index (χ1v) is 8.42. The van der Waals surface area contributed by atoms with Crippen molar-refractivity contribution in [1.29, 1.82) is 0 Å². The SMILES string of the molecule is O=[C](O)[Sn]([C](=O)O)([C](=O)O)[C](=O)O. The van der Waals surface area contributed by atoms with E-state index in [9.17, 15) is 19.2 Å². The summed E-state index contributed by atoms with van der Waals surface area (Å²) in [6, 6.07) is 0. The number of carbonyl (C=O) groups is 4. The third-order valence-electron chi connectivity index (χ3n) is 1.28. The van der Waals surface area contributed by atoms with E-state index in [0.29, 0.717) is 0 Å². The van der Waals surface area contributed by atoms with Crippen LogP contribution in [0.4, 0.5) is 19.2 Å². The molecule has 0 amide bonds. The average molecular weight is 299 g/mol. The second-order valence-electron chi connectivity index (χ2n) is 1.97. The third kappa shape index (κ3) is 1.56. The molecule has 0 aromatic heterocycles. The fourth-order valence-corrected chi connectivity index (χ4v) is 3.68. The summed E-state index contributed by atoms with van der Waals surface area (Å²) < 4.78 is -8.99. The first-order chi connectivity index (χ1) is 5.77. The van der Waals surface area contributed by atoms with Crippen LogP contribution < -0.4 is 0 Å². The molecule has 9 heteroatoms. The Kier molecular flexibility index (Phi) is 3.23. The van der Waals surface area contributed by atoms with Crippen LogP contribution in [0.3, 0.4) is 0 Å². The van der Waals surface area contributed by atoms with E-state index in [2.05, 4.69) is 0 Å². The van der Waals surface area contributed by atoms with Gasteiger partial charge in [0, 0.05) is 0 Å². The van der Waals surface area contributed by atoms with Crippen LogP contribution in [-0.4, -0.2) is 54.7 Å². The van der Waals surface area contributed by atoms with Crippen molar-refractivity contribution < 1.29 is 39.6 Å². The van der Waals surface area contributed by atoms with E-state index in [0.717, 1.165) is 0 Å². The second kappa shape index (κ2) is 3.60. The van der Waals surface area contributed by atoms with Crippen molar-refractivity contribution in [3.8, 4) is 0 Å². The summed E-state index contributed by atoms with van der Waals surface area (Å²) in [5.74, 6) is 0. The van der Waals surface area contributed by atoms with Crippen molar-refractivity contribution >= 4 is 34.3 Å². The molecule has 0 aliphatic rings. The van der Waals surface area contributed by atoms with E-state index in [1.807, 2.05) is 0 Å². The van der Waals surface area contributed by atoms with E-state index in [1.54, 1.807) is 0 Å². The van der Waals surface area contributed by atoms with Gasteiger partial charge in [-0.1, -0.05) is 0 Å². The molecular weight excluding hydrogens is 295 g/mol. The van der Waals surface area contributed by atoms with Crippen molar-refractivity contribution in [2.24, 2.45) is 0 Å². The summed E-state index contributed by atoms with van der Waals surface area (Å²) in [6.45, 7) is 0. The fourth-order valence-electron chi connectivity index (χ4n) is 0.549. The van der Waals surface area contributed by atoms with Gasteiger partial charge in [0.15, 0.2) is 0 Å². The monoisotopic (exact) mass is 300 g/mol. The Morgan fingerprint density at radius 3 is 0.769 bits per heavy atom. The zero-order valence-corrected chi connectivity index (χ0v) is 8.78. The van der Waals surface area contributed by atoms with Gasteiger partial charge in [-0.3, -0.25) is 0 Å². The zero-order valence-electron chi connectivity index (χ0n) is 5.92. The second-order valence-corrected chi connectivity index (χ2v) is 11.1. The van der Waals surface area contributed by atoms with E-state index in [-0.39, 0.29) is 0 Å². The summed E-state index contributed by atoms with van der Waals surface area (Å²) in [4.78, 5) is 41.2. The molecule has 0 aliphatic carbocycles. The molecule has 0 atom stereocenters. The fraction of sp³-hybridized carbons (Fsp3) is 0. The minimum atomic E-state index is -6.26. The topological polar surface area (TPSA) is 149 Å². The minimum absolute atomic E-state index is 2.25. The van der Waals surface area contributed by atoms with E-state index in [4.69, 9.17) is 20.4 Å². The van der Waals surface area contributed by atoms with Gasteiger partial charge in [0.2, 0.25) is 0 Å². The Morgan fingerprint density at radius 1 is 0.615 bits per heavy atom. The standard InChI is InChI=1S/4CHO2.Sn/c4*2-1-3;/h4*(H,2,3);. The van der Waals surface area contributed by atoms with Crippen molar-refractivity contribution in [3.63, 3.8) is 0 Å². The van der Waals surface area contributed by atoms with Gasteiger partial charge in [-0.25, -0.2) is 0 Å². The van der Waals surface area contributed by atoms with Gasteiger partial charge in [-0.15, -0.1) is 0 Å². The van der Waals surface area contributed by atoms with Gasteiger partial charge >= 0.3 is 73.9 Å². The van der Waals surface area contributed by atoms with Crippen LogP contribution in [0.25, 0.3) is 0 Å². The van der Waals surface area contributed by atoms with Crippen molar-refractivity contribution in [3.05, 3.63) is 0 Å². The molecule has 0 saturated heterocycles. The van der Waals surface area contributed by atoms with Crippen LogP contribution in [0, 0.1) is 0 Å². The molecule has 0 aromatic carbocycles. The molecule has 0 spiro atoms. The number of hydrogen-bond acceptors (Lipinski definition) is 4. The Hall–Kier alpha value is -1.32. The summed E-state index contributed by atoms with van der Waals surface area (Å²) >= 11 is -6.26. The Labute approximate surface area is 74.3 Å². The van der Waals surface area contributed by atoms with Crippen molar-refractivity contribution in [2.45, 2.75) is 0 Å². The molecule has 0 bridgehead atoms. The maximum atomic E-state index is 10.3. The van der Waals surface area contributed by atoms with Gasteiger partial charge in [0.25, 0.3) is 0 Å². The maximum absolute atomic E-state index is 10.3. The first kappa shape index (κ1) is 11.7. The Bertz CT molecular complexity index is 231. The number of hydrogen-bond donors (Lipinski definition) is 4. The molecule has 0 unspecified atom stereocenters. The summed E-state index contributed by atoms with van der Waals surface area (Å²) in [7, 11) is 0. The quantitative estimate of drug-likeness (QED) is 0.547. The van der Waals surface area contributed by atoms with Crippen LogP contribution >= 0.6 is 0 Å². The van der Waals surface area contributed by atoms with Crippen LogP contribution in [0.5, 0.6) is 0 Å². The summed E-state index contributed by atoms with van der Waals surface area (Å²) in [5.41, 5.74) is 0. The third-order valence-corrected chi connectivity index (χ3v) is 8.61. The zero-order chi connectivity index (χ0) is 10.8. The molecular formula is C4H4O8Sn. The summed E-state index contributed by atoms with van der Waals surface area (Å²) in [6.07, 6.45) is 0. The average Bonchev–Trinajstić information content (AvgIpc) is 1.82. The first-order valence-electron chi connectivity index (χ1n) is 2.71. The number of rotatable bonds is 4. The van der Waals surface area contributed by atoms with Crippen molar-refractivity contribution in [1.82, 2.24) is 0 Å². The Balaban J connectivity index is 5.60. The predicted molar refractivity (Wildman–Crippen MR) is 37.9 cm³/mol. The normalized spacial score (nSPS) is 10.5. The van der Waals surface area contributed by atoms with E-state index >= 15 is 0 Å². The molecule has 0 heterocycles. The summed E-state index contributed by atoms with van der Waals surface area (Å²) in [5, 5.41) is 33.1. The molecule has 8 nitrogen and oxygen atoms in total. The molecule has 4 N–H and O–H groups in total. The van der Waals surface area contributed by atoms with Gasteiger partial charge in [0.05, 0.1) is 0 Å². The molecule has 0 aliphatic heterocycles. The van der Waals surface area contributed by atoms with E-state index < -0.39 is 34.3 Å². The molecule has 13 heavy (non-hydrogen) atoms. The molecule has 0 rings (SSSR count). The molecule has 0 saturated carbocycles. The predicted octanol–water partition coefficient (Wildman–Crippen LogP) is 0.474. The van der Waals surface area contributed by atoms with Gasteiger partial charge in [-0.05, 0) is 0 Å². The van der Waals surface area contributed by atoms with E-state index in [1.165, 1.54) is 0 Å². The molecule has 0 fully saturated rings. The molecule has 0 aromatic rings. The van der Waals surface area contributed by atoms with Crippen LogP contribution in [0.2, 0.25) is 0 Å². The van der Waals surface area contributed by atoms with Crippen molar-refractivity contribution in [2.75, 3.05) is 0 Å². The Morgan fingerprint density at radius 2 is 0.769 bits per heavy atom. The van der Waals surface area contributed by atoms with Crippen LogP contribution in [0.15, 0.2) is 0 Å². The van der Waals surface area contributed by atoms with Crippen LogP contribution in [-0.2, 0) is 0 Å². The van der Waals surface area contributed by atoms with Crippen LogP contribution in [0.1, 0.15) is 0 Å². The van der Waals surface area contributed by atoms with Gasteiger partial charge in [0.1, 0.15) is 0 Å². The number of carboxylic acid groups (broad SMARTS) is 4. The molecule has 72 valence electrons. The van der Waals surface area contributed by atoms with Gasteiger partial charge in [-0.2, -0.15) is 0 Å². The van der Waals surface area contributed by atoms with Gasteiger partial charge < -0.3 is 0 Å². The molecule has 0 radical (unpaired) electrons.